The number of ether oxygens (including phenoxy) is 1. The molecule has 0 aliphatic heterocycles. The van der Waals surface area contributed by atoms with Gasteiger partial charge in [0, 0.05) is 19.3 Å². The number of aryl methyl sites for hydroxylation is 1. The fourth-order valence-corrected chi connectivity index (χ4v) is 1.85. The zero-order valence-corrected chi connectivity index (χ0v) is 12.9. The molecule has 0 bridgehead atoms. The lowest BCUT2D eigenvalue weighted by molar-refractivity contribution is -0.120. The molecule has 6 heteroatoms. The van der Waals surface area contributed by atoms with Crippen LogP contribution in [0.1, 0.15) is 12.5 Å². The molecule has 1 aromatic carbocycles. The van der Waals surface area contributed by atoms with Crippen LogP contribution in [0.5, 0.6) is 0 Å². The minimum absolute atomic E-state index is 0.210. The number of aliphatic hydroxyl groups excluding tert-OH is 1. The maximum absolute atomic E-state index is 13.4. The van der Waals surface area contributed by atoms with Gasteiger partial charge in [0.05, 0.1) is 18.8 Å². The Morgan fingerprint density at radius 3 is 2.76 bits per heavy atom. The number of methoxy groups -OCH3 is 1. The van der Waals surface area contributed by atoms with Crippen molar-refractivity contribution in [3.8, 4) is 0 Å². The van der Waals surface area contributed by atoms with E-state index in [9.17, 15) is 14.3 Å². The predicted molar refractivity (Wildman–Crippen MR) is 79.7 cm³/mol. The van der Waals surface area contributed by atoms with E-state index >= 15 is 0 Å². The maximum Gasteiger partial charge on any atom is 0.241 e. The van der Waals surface area contributed by atoms with Gasteiger partial charge in [0.15, 0.2) is 0 Å². The second-order valence-corrected chi connectivity index (χ2v) is 5.18. The van der Waals surface area contributed by atoms with Gasteiger partial charge < -0.3 is 15.2 Å². The highest BCUT2D eigenvalue weighted by atomic mass is 19.1. The summed E-state index contributed by atoms with van der Waals surface area (Å²) in [5, 5.41) is 12.3. The summed E-state index contributed by atoms with van der Waals surface area (Å²) in [5.74, 6) is -0.616. The first-order valence-electron chi connectivity index (χ1n) is 6.79. The van der Waals surface area contributed by atoms with Crippen LogP contribution >= 0.6 is 0 Å². The van der Waals surface area contributed by atoms with Crippen LogP contribution < -0.4 is 5.32 Å². The first-order chi connectivity index (χ1) is 9.85. The lowest BCUT2D eigenvalue weighted by atomic mass is 10.2. The summed E-state index contributed by atoms with van der Waals surface area (Å²) in [7, 11) is 3.24. The van der Waals surface area contributed by atoms with Gasteiger partial charge in [0.1, 0.15) is 5.82 Å². The Labute approximate surface area is 124 Å². The zero-order chi connectivity index (χ0) is 16.0. The third kappa shape index (κ3) is 5.41. The Hall–Kier alpha value is -1.50. The summed E-state index contributed by atoms with van der Waals surface area (Å²) in [4.78, 5) is 13.8. The Balaban J connectivity index is 2.59. The SMILES string of the molecule is COCC(O)CN(C)C(C)C(=O)Nc1ccc(C)c(F)c1. The standard InChI is InChI=1S/C15H23FN2O3/c1-10-5-6-12(7-14(10)16)17-15(20)11(2)18(3)8-13(19)9-21-4/h5-7,11,13,19H,8-9H2,1-4H3,(H,17,20). The van der Waals surface area contributed by atoms with Gasteiger partial charge in [-0.05, 0) is 38.6 Å². The highest BCUT2D eigenvalue weighted by molar-refractivity contribution is 5.94. The lowest BCUT2D eigenvalue weighted by Gasteiger charge is -2.26. The van der Waals surface area contributed by atoms with Crippen molar-refractivity contribution < 1.29 is 19.0 Å². The molecule has 0 saturated heterocycles. The first-order valence-corrected chi connectivity index (χ1v) is 6.79. The normalized spacial score (nSPS) is 14.0. The lowest BCUT2D eigenvalue weighted by Crippen LogP contribution is -2.44. The summed E-state index contributed by atoms with van der Waals surface area (Å²) in [6.45, 7) is 3.90. The molecule has 21 heavy (non-hydrogen) atoms. The van der Waals surface area contributed by atoms with Crippen LogP contribution in [0.15, 0.2) is 18.2 Å². The number of hydrogen-bond donors (Lipinski definition) is 2. The molecule has 0 aromatic heterocycles. The third-order valence-electron chi connectivity index (χ3n) is 3.34. The van der Waals surface area contributed by atoms with Crippen LogP contribution in [0.4, 0.5) is 10.1 Å². The Morgan fingerprint density at radius 1 is 1.52 bits per heavy atom. The number of rotatable bonds is 7. The molecule has 0 radical (unpaired) electrons. The van der Waals surface area contributed by atoms with Crippen LogP contribution in [0.2, 0.25) is 0 Å². The molecule has 2 atom stereocenters. The number of carbonyl (C=O) groups excluding carboxylic acids is 1. The van der Waals surface area contributed by atoms with E-state index in [2.05, 4.69) is 5.32 Å². The Kier molecular flexibility index (Phi) is 6.74. The fourth-order valence-electron chi connectivity index (χ4n) is 1.85. The van der Waals surface area contributed by atoms with E-state index in [-0.39, 0.29) is 18.3 Å². The van der Waals surface area contributed by atoms with E-state index in [0.717, 1.165) is 0 Å². The molecule has 1 amide bonds. The highest BCUT2D eigenvalue weighted by Crippen LogP contribution is 2.14. The van der Waals surface area contributed by atoms with E-state index in [4.69, 9.17) is 4.74 Å². The molecule has 2 N–H and O–H groups in total. The molecule has 0 saturated carbocycles. The van der Waals surface area contributed by atoms with E-state index in [0.29, 0.717) is 17.8 Å². The second kappa shape index (κ2) is 8.07. The molecule has 118 valence electrons. The number of nitrogens with zero attached hydrogens (tertiary/aromatic N) is 1. The molecule has 5 nitrogen and oxygen atoms in total. The minimum atomic E-state index is -0.660. The summed E-state index contributed by atoms with van der Waals surface area (Å²) in [6.07, 6.45) is -0.660. The maximum atomic E-state index is 13.4. The summed E-state index contributed by atoms with van der Waals surface area (Å²) in [5.41, 5.74) is 0.946. The minimum Gasteiger partial charge on any atom is -0.389 e. The molecule has 2 unspecified atom stereocenters. The number of anilines is 1. The van der Waals surface area contributed by atoms with Crippen LogP contribution in [-0.4, -0.2) is 55.4 Å². The van der Waals surface area contributed by atoms with Crippen LogP contribution in [0, 0.1) is 12.7 Å². The number of nitrogens with one attached hydrogen (secondary N) is 1. The Morgan fingerprint density at radius 2 is 2.19 bits per heavy atom. The number of amides is 1. The molecular weight excluding hydrogens is 275 g/mol. The van der Waals surface area contributed by atoms with Crippen molar-refractivity contribution in [2.45, 2.75) is 26.0 Å². The number of halogens is 1. The van der Waals surface area contributed by atoms with E-state index in [1.54, 1.807) is 37.9 Å². The highest BCUT2D eigenvalue weighted by Gasteiger charge is 2.20. The monoisotopic (exact) mass is 298 g/mol. The molecule has 0 spiro atoms. The number of aliphatic hydroxyl groups is 1. The third-order valence-corrected chi connectivity index (χ3v) is 3.34. The van der Waals surface area contributed by atoms with Gasteiger partial charge in [-0.3, -0.25) is 9.69 Å². The molecule has 1 rings (SSSR count). The van der Waals surface area contributed by atoms with Crippen LogP contribution in [-0.2, 0) is 9.53 Å². The van der Waals surface area contributed by atoms with Crippen molar-refractivity contribution in [1.29, 1.82) is 0 Å². The van der Waals surface area contributed by atoms with Gasteiger partial charge >= 0.3 is 0 Å². The van der Waals surface area contributed by atoms with Crippen LogP contribution in [0.25, 0.3) is 0 Å². The number of carbonyl (C=O) groups is 1. The van der Waals surface area contributed by atoms with Gasteiger partial charge in [-0.25, -0.2) is 4.39 Å². The van der Waals surface area contributed by atoms with Gasteiger partial charge in [-0.15, -0.1) is 0 Å². The van der Waals surface area contributed by atoms with E-state index in [1.807, 2.05) is 0 Å². The van der Waals surface area contributed by atoms with Gasteiger partial charge in [-0.2, -0.15) is 0 Å². The Bertz CT molecular complexity index is 482. The fraction of sp³-hybridized carbons (Fsp3) is 0.533. The van der Waals surface area contributed by atoms with Crippen molar-refractivity contribution in [3.63, 3.8) is 0 Å². The van der Waals surface area contributed by atoms with Gasteiger partial charge in [0.25, 0.3) is 0 Å². The van der Waals surface area contributed by atoms with Gasteiger partial charge in [-0.1, -0.05) is 6.07 Å². The van der Waals surface area contributed by atoms with Gasteiger partial charge in [0.2, 0.25) is 5.91 Å². The topological polar surface area (TPSA) is 61.8 Å². The van der Waals surface area contributed by atoms with Crippen molar-refractivity contribution in [2.75, 3.05) is 32.6 Å². The summed E-state index contributed by atoms with van der Waals surface area (Å²) >= 11 is 0. The average Bonchev–Trinajstić information content (AvgIpc) is 2.42. The van der Waals surface area contributed by atoms with Crippen molar-refractivity contribution in [2.24, 2.45) is 0 Å². The average molecular weight is 298 g/mol. The molecule has 0 fully saturated rings. The molecule has 0 aliphatic rings. The van der Waals surface area contributed by atoms with Crippen LogP contribution in [0.3, 0.4) is 0 Å². The smallest absolute Gasteiger partial charge is 0.241 e. The predicted octanol–water partition coefficient (Wildman–Crippen LogP) is 1.40. The van der Waals surface area contributed by atoms with E-state index < -0.39 is 12.1 Å². The van der Waals surface area contributed by atoms with E-state index in [1.165, 1.54) is 13.2 Å². The number of benzene rings is 1. The first kappa shape index (κ1) is 17.6. The number of likely N-dealkylation sites (N-methyl/N-ethyl adjacent to an activating group) is 1. The summed E-state index contributed by atoms with van der Waals surface area (Å²) < 4.78 is 18.3. The molecule has 1 aromatic rings. The summed E-state index contributed by atoms with van der Waals surface area (Å²) in [6, 6.07) is 4.10. The quantitative estimate of drug-likeness (QED) is 0.799. The zero-order valence-electron chi connectivity index (χ0n) is 12.9. The van der Waals surface area contributed by atoms with Crippen molar-refractivity contribution >= 4 is 11.6 Å². The van der Waals surface area contributed by atoms with Crippen molar-refractivity contribution in [1.82, 2.24) is 4.90 Å². The second-order valence-electron chi connectivity index (χ2n) is 5.18. The van der Waals surface area contributed by atoms with Crippen molar-refractivity contribution in [3.05, 3.63) is 29.6 Å². The number of hydrogen-bond acceptors (Lipinski definition) is 4. The molecule has 0 aliphatic carbocycles. The largest absolute Gasteiger partial charge is 0.389 e. The molecule has 0 heterocycles. The molecular formula is C15H23FN2O3.